The van der Waals surface area contributed by atoms with Crippen LogP contribution in [0.5, 0.6) is 5.75 Å². The molecule has 0 aliphatic rings. The molecule has 0 radical (unpaired) electrons. The van der Waals surface area contributed by atoms with Crippen LogP contribution in [0, 0.1) is 11.3 Å². The normalized spacial score (nSPS) is 11.0. The molecule has 124 valence electrons. The Morgan fingerprint density at radius 2 is 1.88 bits per heavy atom. The van der Waals surface area contributed by atoms with Crippen molar-refractivity contribution in [2.75, 3.05) is 12.9 Å². The zero-order valence-corrected chi connectivity index (χ0v) is 14.0. The summed E-state index contributed by atoms with van der Waals surface area (Å²) in [6, 6.07) is 10.8. The summed E-state index contributed by atoms with van der Waals surface area (Å²) in [5, 5.41) is 27.9. The number of nitriles is 1. The van der Waals surface area contributed by atoms with E-state index in [9.17, 15) is 23.7 Å². The van der Waals surface area contributed by atoms with Crippen molar-refractivity contribution in [3.05, 3.63) is 42.0 Å². The Morgan fingerprint density at radius 3 is 2.42 bits per heavy atom. The van der Waals surface area contributed by atoms with Crippen molar-refractivity contribution in [3.63, 3.8) is 0 Å². The largest absolute Gasteiger partial charge is 0.496 e. The highest BCUT2D eigenvalue weighted by Crippen LogP contribution is 2.34. The highest BCUT2D eigenvalue weighted by molar-refractivity contribution is 7.91. The van der Waals surface area contributed by atoms with Crippen LogP contribution in [-0.2, 0) is 9.84 Å². The molecule has 2 N–H and O–H groups in total. The smallest absolute Gasteiger partial charge is 0.488 e. The number of rotatable bonds is 5. The highest BCUT2D eigenvalue weighted by atomic mass is 32.2. The number of sulfone groups is 1. The van der Waals surface area contributed by atoms with Crippen LogP contribution in [0.4, 0.5) is 0 Å². The maximum atomic E-state index is 12.0. The summed E-state index contributed by atoms with van der Waals surface area (Å²) in [7, 11) is -3.67. The molecule has 0 fully saturated rings. The number of methoxy groups -OCH3 is 1. The molecule has 2 aromatic carbocycles. The number of benzene rings is 2. The molecule has 0 atom stereocenters. The van der Waals surface area contributed by atoms with Gasteiger partial charge in [-0.2, -0.15) is 5.26 Å². The predicted molar refractivity (Wildman–Crippen MR) is 90.7 cm³/mol. The second kappa shape index (κ2) is 7.05. The van der Waals surface area contributed by atoms with E-state index in [0.717, 1.165) is 0 Å². The second-order valence-corrected chi connectivity index (χ2v) is 7.33. The molecule has 24 heavy (non-hydrogen) atoms. The van der Waals surface area contributed by atoms with Gasteiger partial charge >= 0.3 is 7.12 Å². The predicted octanol–water partition coefficient (Wildman–Crippen LogP) is 0.707. The lowest BCUT2D eigenvalue weighted by Gasteiger charge is -2.13. The maximum Gasteiger partial charge on any atom is 0.488 e. The van der Waals surface area contributed by atoms with Gasteiger partial charge in [0, 0.05) is 11.1 Å². The van der Waals surface area contributed by atoms with Crippen molar-refractivity contribution in [1.29, 1.82) is 5.26 Å². The Bertz CT molecular complexity index is 903. The fourth-order valence-corrected chi connectivity index (χ4v) is 3.19. The Balaban J connectivity index is 2.69. The van der Waals surface area contributed by atoms with Gasteiger partial charge in [-0.3, -0.25) is 0 Å². The Hall–Kier alpha value is -2.34. The lowest BCUT2D eigenvalue weighted by atomic mass is 9.78. The number of hydrogen-bond donors (Lipinski definition) is 2. The highest BCUT2D eigenvalue weighted by Gasteiger charge is 2.19. The van der Waals surface area contributed by atoms with E-state index < -0.39 is 17.0 Å². The molecule has 0 heterocycles. The molecular formula is C16H16BNO5S. The minimum atomic E-state index is -3.39. The monoisotopic (exact) mass is 345 g/mol. The molecule has 0 saturated carbocycles. The zero-order valence-electron chi connectivity index (χ0n) is 13.2. The van der Waals surface area contributed by atoms with E-state index in [1.807, 2.05) is 6.07 Å². The van der Waals surface area contributed by atoms with Crippen LogP contribution in [0.25, 0.3) is 11.1 Å². The molecule has 0 aliphatic carbocycles. The SMILES string of the molecule is CCS(=O)(=O)c1ccc(-c2cc(B(O)O)ccc2C#N)c(OC)c1. The molecule has 2 aromatic rings. The molecule has 2 rings (SSSR count). The van der Waals surface area contributed by atoms with E-state index in [1.54, 1.807) is 13.0 Å². The molecule has 0 saturated heterocycles. The fourth-order valence-electron chi connectivity index (χ4n) is 2.30. The van der Waals surface area contributed by atoms with Crippen LogP contribution in [0.3, 0.4) is 0 Å². The van der Waals surface area contributed by atoms with Crippen molar-refractivity contribution in [3.8, 4) is 22.9 Å². The molecule has 0 amide bonds. The molecule has 0 aromatic heterocycles. The zero-order chi connectivity index (χ0) is 17.9. The van der Waals surface area contributed by atoms with Gasteiger partial charge < -0.3 is 14.8 Å². The quantitative estimate of drug-likeness (QED) is 0.773. The van der Waals surface area contributed by atoms with Gasteiger partial charge in [-0.25, -0.2) is 8.42 Å². The Kier molecular flexibility index (Phi) is 5.29. The van der Waals surface area contributed by atoms with Gasteiger partial charge in [-0.15, -0.1) is 0 Å². The van der Waals surface area contributed by atoms with Crippen LogP contribution in [0.2, 0.25) is 0 Å². The third kappa shape index (κ3) is 3.43. The van der Waals surface area contributed by atoms with E-state index in [1.165, 1.54) is 37.4 Å². The standard InChI is InChI=1S/C16H16BNO5S/c1-3-24(21,22)13-6-7-14(16(9-13)23-2)15-8-12(17(19)20)5-4-11(15)10-18/h4-9,19-20H,3H2,1-2H3. The summed E-state index contributed by atoms with van der Waals surface area (Å²) in [5.74, 6) is 0.246. The summed E-state index contributed by atoms with van der Waals surface area (Å²) in [5.41, 5.74) is 1.45. The minimum Gasteiger partial charge on any atom is -0.496 e. The first-order valence-electron chi connectivity index (χ1n) is 7.15. The van der Waals surface area contributed by atoms with E-state index >= 15 is 0 Å². The first kappa shape index (κ1) is 18.0. The molecule has 6 nitrogen and oxygen atoms in total. The van der Waals surface area contributed by atoms with Crippen molar-refractivity contribution < 1.29 is 23.2 Å². The molecule has 8 heteroatoms. The summed E-state index contributed by atoms with van der Waals surface area (Å²) in [6.45, 7) is 1.55. The van der Waals surface area contributed by atoms with Gasteiger partial charge in [0.2, 0.25) is 0 Å². The van der Waals surface area contributed by atoms with E-state index in [-0.39, 0.29) is 21.9 Å². The first-order valence-corrected chi connectivity index (χ1v) is 8.80. The number of nitrogens with zero attached hydrogens (tertiary/aromatic N) is 1. The van der Waals surface area contributed by atoms with Crippen molar-refractivity contribution in [1.82, 2.24) is 0 Å². The lowest BCUT2D eigenvalue weighted by molar-refractivity contribution is 0.415. The van der Waals surface area contributed by atoms with E-state index in [2.05, 4.69) is 0 Å². The number of hydrogen-bond acceptors (Lipinski definition) is 6. The molecule has 0 spiro atoms. The van der Waals surface area contributed by atoms with Crippen molar-refractivity contribution >= 4 is 22.4 Å². The van der Waals surface area contributed by atoms with Crippen molar-refractivity contribution in [2.24, 2.45) is 0 Å². The summed E-state index contributed by atoms with van der Waals surface area (Å²) < 4.78 is 29.3. The van der Waals surface area contributed by atoms with Gasteiger partial charge in [0.05, 0.1) is 29.4 Å². The summed E-state index contributed by atoms with van der Waals surface area (Å²) >= 11 is 0. The Labute approximate surface area is 141 Å². The molecular weight excluding hydrogens is 329 g/mol. The van der Waals surface area contributed by atoms with E-state index in [4.69, 9.17) is 4.74 Å². The first-order chi connectivity index (χ1) is 11.3. The van der Waals surface area contributed by atoms with Gasteiger partial charge in [0.15, 0.2) is 9.84 Å². The topological polar surface area (TPSA) is 108 Å². The molecule has 0 unspecified atom stereocenters. The van der Waals surface area contributed by atoms with Crippen molar-refractivity contribution in [2.45, 2.75) is 11.8 Å². The average Bonchev–Trinajstić information content (AvgIpc) is 2.60. The third-order valence-electron chi connectivity index (χ3n) is 3.66. The van der Waals surface area contributed by atoms with Crippen LogP contribution in [-0.4, -0.2) is 38.4 Å². The van der Waals surface area contributed by atoms with Gasteiger partial charge in [0.1, 0.15) is 5.75 Å². The molecule has 0 bridgehead atoms. The van der Waals surface area contributed by atoms with Gasteiger partial charge in [-0.1, -0.05) is 19.1 Å². The molecule has 0 aliphatic heterocycles. The Morgan fingerprint density at radius 1 is 1.17 bits per heavy atom. The summed E-state index contributed by atoms with van der Waals surface area (Å²) in [4.78, 5) is 0.127. The van der Waals surface area contributed by atoms with Gasteiger partial charge in [0.25, 0.3) is 0 Å². The lowest BCUT2D eigenvalue weighted by Crippen LogP contribution is -2.29. The van der Waals surface area contributed by atoms with Crippen LogP contribution in [0.15, 0.2) is 41.3 Å². The van der Waals surface area contributed by atoms with Crippen LogP contribution < -0.4 is 10.2 Å². The summed E-state index contributed by atoms with van der Waals surface area (Å²) in [6.07, 6.45) is 0. The van der Waals surface area contributed by atoms with E-state index in [0.29, 0.717) is 16.7 Å². The minimum absolute atomic E-state index is 0.0366. The van der Waals surface area contributed by atoms with Crippen LogP contribution >= 0.6 is 0 Å². The average molecular weight is 345 g/mol. The maximum absolute atomic E-state index is 12.0. The van der Waals surface area contributed by atoms with Gasteiger partial charge in [-0.05, 0) is 29.7 Å². The third-order valence-corrected chi connectivity index (χ3v) is 5.40. The number of ether oxygens (including phenoxy) is 1. The van der Waals surface area contributed by atoms with Crippen LogP contribution in [0.1, 0.15) is 12.5 Å². The fraction of sp³-hybridized carbons (Fsp3) is 0.188. The second-order valence-electron chi connectivity index (χ2n) is 5.06.